The maximum atomic E-state index is 12.4. The molecule has 6 heteroatoms. The Bertz CT molecular complexity index is 676. The standard InChI is InChI=1S/C18H23N5O/c1-2-15-8-4-6-10-23(15)17-11-16(21-13-22-17)18(24)20-12-14-7-3-5-9-19-14/h3,5,7,9,11,13,15H,2,4,6,8,10,12H2,1H3,(H,20,24). The first-order valence-corrected chi connectivity index (χ1v) is 8.54. The fourth-order valence-electron chi connectivity index (χ4n) is 3.12. The van der Waals surface area contributed by atoms with E-state index in [1.807, 2.05) is 18.2 Å². The number of hydrogen-bond acceptors (Lipinski definition) is 5. The minimum Gasteiger partial charge on any atom is -0.354 e. The van der Waals surface area contributed by atoms with Crippen LogP contribution in [-0.2, 0) is 6.54 Å². The van der Waals surface area contributed by atoms with E-state index in [4.69, 9.17) is 0 Å². The van der Waals surface area contributed by atoms with E-state index in [0.29, 0.717) is 18.3 Å². The van der Waals surface area contributed by atoms with Crippen molar-refractivity contribution in [1.82, 2.24) is 20.3 Å². The second-order valence-corrected chi connectivity index (χ2v) is 6.02. The predicted molar refractivity (Wildman–Crippen MR) is 92.7 cm³/mol. The molecule has 2 aromatic rings. The second-order valence-electron chi connectivity index (χ2n) is 6.02. The van der Waals surface area contributed by atoms with Crippen LogP contribution in [0.3, 0.4) is 0 Å². The molecule has 126 valence electrons. The van der Waals surface area contributed by atoms with Gasteiger partial charge in [0.25, 0.3) is 5.91 Å². The summed E-state index contributed by atoms with van der Waals surface area (Å²) in [7, 11) is 0. The highest BCUT2D eigenvalue weighted by molar-refractivity contribution is 5.92. The van der Waals surface area contributed by atoms with Crippen molar-refractivity contribution >= 4 is 11.7 Å². The monoisotopic (exact) mass is 325 g/mol. The first kappa shape index (κ1) is 16.4. The lowest BCUT2D eigenvalue weighted by molar-refractivity contribution is 0.0945. The molecule has 0 aromatic carbocycles. The van der Waals surface area contributed by atoms with E-state index in [9.17, 15) is 4.79 Å². The molecule has 3 rings (SSSR count). The lowest BCUT2D eigenvalue weighted by Crippen LogP contribution is -2.39. The summed E-state index contributed by atoms with van der Waals surface area (Å²) in [6.07, 6.45) is 7.89. The largest absolute Gasteiger partial charge is 0.354 e. The van der Waals surface area contributed by atoms with E-state index in [-0.39, 0.29) is 5.91 Å². The van der Waals surface area contributed by atoms with Crippen molar-refractivity contribution in [2.75, 3.05) is 11.4 Å². The van der Waals surface area contributed by atoms with Gasteiger partial charge in [-0.05, 0) is 37.8 Å². The molecule has 0 aliphatic carbocycles. The average Bonchev–Trinajstić information content (AvgIpc) is 2.67. The van der Waals surface area contributed by atoms with Crippen LogP contribution in [0.25, 0.3) is 0 Å². The minimum atomic E-state index is -0.200. The summed E-state index contributed by atoms with van der Waals surface area (Å²) >= 11 is 0. The van der Waals surface area contributed by atoms with Gasteiger partial charge in [0.1, 0.15) is 17.8 Å². The van der Waals surface area contributed by atoms with Gasteiger partial charge >= 0.3 is 0 Å². The number of piperidine rings is 1. The van der Waals surface area contributed by atoms with Crippen LogP contribution in [-0.4, -0.2) is 33.4 Å². The van der Waals surface area contributed by atoms with Crippen molar-refractivity contribution in [3.05, 3.63) is 48.2 Å². The van der Waals surface area contributed by atoms with Crippen LogP contribution < -0.4 is 10.2 Å². The molecule has 6 nitrogen and oxygen atoms in total. The van der Waals surface area contributed by atoms with Crippen LogP contribution in [0.15, 0.2) is 36.8 Å². The maximum absolute atomic E-state index is 12.4. The van der Waals surface area contributed by atoms with Gasteiger partial charge in [0, 0.05) is 24.8 Å². The smallest absolute Gasteiger partial charge is 0.270 e. The van der Waals surface area contributed by atoms with Crippen molar-refractivity contribution in [1.29, 1.82) is 0 Å². The number of nitrogens with zero attached hydrogens (tertiary/aromatic N) is 4. The number of carbonyl (C=O) groups is 1. The lowest BCUT2D eigenvalue weighted by atomic mass is 10.00. The fraction of sp³-hybridized carbons (Fsp3) is 0.444. The molecule has 2 aromatic heterocycles. The summed E-state index contributed by atoms with van der Waals surface area (Å²) in [6.45, 7) is 3.58. The highest BCUT2D eigenvalue weighted by atomic mass is 16.1. The van der Waals surface area contributed by atoms with E-state index < -0.39 is 0 Å². The van der Waals surface area contributed by atoms with E-state index in [2.05, 4.69) is 32.1 Å². The Labute approximate surface area is 142 Å². The van der Waals surface area contributed by atoms with Crippen molar-refractivity contribution in [3.63, 3.8) is 0 Å². The molecule has 3 heterocycles. The zero-order chi connectivity index (χ0) is 16.8. The van der Waals surface area contributed by atoms with Gasteiger partial charge in [0.2, 0.25) is 0 Å². The van der Waals surface area contributed by atoms with E-state index in [1.165, 1.54) is 25.6 Å². The van der Waals surface area contributed by atoms with E-state index in [0.717, 1.165) is 24.5 Å². The van der Waals surface area contributed by atoms with Gasteiger partial charge < -0.3 is 10.2 Å². The number of anilines is 1. The van der Waals surface area contributed by atoms with Crippen LogP contribution in [0, 0.1) is 0 Å². The first-order valence-electron chi connectivity index (χ1n) is 8.54. The Morgan fingerprint density at radius 2 is 2.21 bits per heavy atom. The lowest BCUT2D eigenvalue weighted by Gasteiger charge is -2.36. The normalized spacial score (nSPS) is 17.5. The number of aromatic nitrogens is 3. The van der Waals surface area contributed by atoms with Crippen LogP contribution in [0.1, 0.15) is 48.8 Å². The Morgan fingerprint density at radius 3 is 3.00 bits per heavy atom. The van der Waals surface area contributed by atoms with Gasteiger partial charge in [-0.15, -0.1) is 0 Å². The van der Waals surface area contributed by atoms with Crippen LogP contribution in [0.4, 0.5) is 5.82 Å². The summed E-state index contributed by atoms with van der Waals surface area (Å²) in [5.41, 5.74) is 1.22. The molecule has 1 fully saturated rings. The molecule has 1 N–H and O–H groups in total. The van der Waals surface area contributed by atoms with E-state index >= 15 is 0 Å². The third kappa shape index (κ3) is 3.88. The highest BCUT2D eigenvalue weighted by Gasteiger charge is 2.23. The van der Waals surface area contributed by atoms with Crippen molar-refractivity contribution in [2.45, 2.75) is 45.2 Å². The Balaban J connectivity index is 1.69. The molecule has 0 spiro atoms. The van der Waals surface area contributed by atoms with Crippen molar-refractivity contribution in [3.8, 4) is 0 Å². The molecule has 0 bridgehead atoms. The SMILES string of the molecule is CCC1CCCCN1c1cc(C(=O)NCc2ccccn2)ncn1. The minimum absolute atomic E-state index is 0.200. The number of pyridine rings is 1. The maximum Gasteiger partial charge on any atom is 0.270 e. The van der Waals surface area contributed by atoms with Gasteiger partial charge in [0.15, 0.2) is 0 Å². The summed E-state index contributed by atoms with van der Waals surface area (Å²) in [5, 5.41) is 2.86. The molecule has 1 aliphatic heterocycles. The van der Waals surface area contributed by atoms with E-state index in [1.54, 1.807) is 12.3 Å². The number of amides is 1. The van der Waals surface area contributed by atoms with Crippen molar-refractivity contribution in [2.24, 2.45) is 0 Å². The highest BCUT2D eigenvalue weighted by Crippen LogP contribution is 2.24. The summed E-state index contributed by atoms with van der Waals surface area (Å²) < 4.78 is 0. The Hall–Kier alpha value is -2.50. The van der Waals surface area contributed by atoms with Gasteiger partial charge in [-0.25, -0.2) is 9.97 Å². The number of nitrogens with one attached hydrogen (secondary N) is 1. The topological polar surface area (TPSA) is 71.0 Å². The fourth-order valence-corrected chi connectivity index (χ4v) is 3.12. The third-order valence-corrected chi connectivity index (χ3v) is 4.43. The molecule has 0 radical (unpaired) electrons. The molecule has 1 atom stereocenters. The molecule has 0 saturated carbocycles. The van der Waals surface area contributed by atoms with Gasteiger partial charge in [0.05, 0.1) is 12.2 Å². The molecule has 1 saturated heterocycles. The quantitative estimate of drug-likeness (QED) is 0.915. The van der Waals surface area contributed by atoms with Gasteiger partial charge in [-0.1, -0.05) is 13.0 Å². The zero-order valence-corrected chi connectivity index (χ0v) is 14.0. The van der Waals surface area contributed by atoms with Crippen LogP contribution in [0.5, 0.6) is 0 Å². The van der Waals surface area contributed by atoms with Crippen molar-refractivity contribution < 1.29 is 4.79 Å². The number of carbonyl (C=O) groups excluding carboxylic acids is 1. The molecular weight excluding hydrogens is 302 g/mol. The average molecular weight is 325 g/mol. The predicted octanol–water partition coefficient (Wildman–Crippen LogP) is 2.57. The first-order chi connectivity index (χ1) is 11.8. The third-order valence-electron chi connectivity index (χ3n) is 4.43. The van der Waals surface area contributed by atoms with Gasteiger partial charge in [-0.3, -0.25) is 9.78 Å². The number of rotatable bonds is 5. The number of hydrogen-bond donors (Lipinski definition) is 1. The summed E-state index contributed by atoms with van der Waals surface area (Å²) in [6, 6.07) is 7.93. The molecule has 1 amide bonds. The van der Waals surface area contributed by atoms with Crippen LogP contribution >= 0.6 is 0 Å². The Morgan fingerprint density at radius 1 is 1.29 bits per heavy atom. The molecule has 24 heavy (non-hydrogen) atoms. The molecular formula is C18H23N5O. The zero-order valence-electron chi connectivity index (χ0n) is 14.0. The molecule has 1 aliphatic rings. The summed E-state index contributed by atoms with van der Waals surface area (Å²) in [5.74, 6) is 0.647. The Kier molecular flexibility index (Phi) is 5.36. The van der Waals surface area contributed by atoms with Gasteiger partial charge in [-0.2, -0.15) is 0 Å². The van der Waals surface area contributed by atoms with Crippen LogP contribution in [0.2, 0.25) is 0 Å². The second kappa shape index (κ2) is 7.86. The summed E-state index contributed by atoms with van der Waals surface area (Å²) in [4.78, 5) is 27.4. The molecule has 1 unspecified atom stereocenters.